The molecule has 0 spiro atoms. The summed E-state index contributed by atoms with van der Waals surface area (Å²) in [5, 5.41) is 0. The summed E-state index contributed by atoms with van der Waals surface area (Å²) in [7, 11) is 1.66. The lowest BCUT2D eigenvalue weighted by molar-refractivity contribution is -0.198. The van der Waals surface area contributed by atoms with Crippen molar-refractivity contribution in [1.29, 1.82) is 0 Å². The third kappa shape index (κ3) is 3.61. The minimum absolute atomic E-state index is 0.158. The molecule has 0 aromatic heterocycles. The molecule has 5 atom stereocenters. The standard InChI is InChI=1S/C19H26O6S/c1-18(2)21-10-13(23-18)14-15-16(25-19(3,4)24-15)17(22-14)26-12-8-6-11(20-5)7-9-12/h6-9,13-17H,10H2,1-5H3/t13-,14-,15+,16+,17?/m1/s1. The molecule has 7 heteroatoms. The van der Waals surface area contributed by atoms with Crippen molar-refractivity contribution in [2.24, 2.45) is 0 Å². The first-order chi connectivity index (χ1) is 12.3. The Hall–Kier alpha value is -0.830. The zero-order valence-electron chi connectivity index (χ0n) is 15.8. The van der Waals surface area contributed by atoms with Crippen LogP contribution in [0.25, 0.3) is 0 Å². The summed E-state index contributed by atoms with van der Waals surface area (Å²) < 4.78 is 35.6. The first-order valence-corrected chi connectivity index (χ1v) is 9.78. The number of hydrogen-bond acceptors (Lipinski definition) is 7. The van der Waals surface area contributed by atoms with E-state index in [2.05, 4.69) is 0 Å². The average Bonchev–Trinajstić information content (AvgIpc) is 3.19. The molecule has 3 heterocycles. The van der Waals surface area contributed by atoms with Crippen molar-refractivity contribution in [3.63, 3.8) is 0 Å². The van der Waals surface area contributed by atoms with E-state index in [0.29, 0.717) is 6.61 Å². The van der Waals surface area contributed by atoms with E-state index in [1.807, 2.05) is 52.0 Å². The van der Waals surface area contributed by atoms with Gasteiger partial charge < -0.3 is 28.4 Å². The third-order valence-corrected chi connectivity index (χ3v) is 5.91. The van der Waals surface area contributed by atoms with Crippen LogP contribution < -0.4 is 4.74 Å². The van der Waals surface area contributed by atoms with Gasteiger partial charge in [-0.3, -0.25) is 0 Å². The van der Waals surface area contributed by atoms with E-state index in [4.69, 9.17) is 28.4 Å². The topological polar surface area (TPSA) is 55.4 Å². The lowest BCUT2D eigenvalue weighted by Crippen LogP contribution is -2.40. The second kappa shape index (κ2) is 6.65. The Balaban J connectivity index is 1.51. The molecule has 1 aromatic carbocycles. The number of benzene rings is 1. The minimum Gasteiger partial charge on any atom is -0.497 e. The molecule has 144 valence electrons. The van der Waals surface area contributed by atoms with Gasteiger partial charge >= 0.3 is 0 Å². The Bertz CT molecular complexity index is 646. The molecule has 3 aliphatic heterocycles. The first-order valence-electron chi connectivity index (χ1n) is 8.90. The predicted molar refractivity (Wildman–Crippen MR) is 96.2 cm³/mol. The SMILES string of the molecule is COc1ccc(SC2O[C@H]([C@H]3COC(C)(C)O3)[C@@H]3OC(C)(C)O[C@H]23)cc1. The molecule has 0 saturated carbocycles. The normalized spacial score (nSPS) is 37.7. The lowest BCUT2D eigenvalue weighted by Gasteiger charge is -2.26. The van der Waals surface area contributed by atoms with Gasteiger partial charge in [0.05, 0.1) is 13.7 Å². The van der Waals surface area contributed by atoms with Gasteiger partial charge in [-0.05, 0) is 52.0 Å². The molecule has 0 radical (unpaired) electrons. The van der Waals surface area contributed by atoms with Crippen LogP contribution in [0.2, 0.25) is 0 Å². The quantitative estimate of drug-likeness (QED) is 0.793. The molecular weight excluding hydrogens is 356 g/mol. The van der Waals surface area contributed by atoms with Crippen molar-refractivity contribution < 1.29 is 28.4 Å². The Labute approximate surface area is 158 Å². The molecule has 0 N–H and O–H groups in total. The molecule has 0 aliphatic carbocycles. The second-order valence-electron chi connectivity index (χ2n) is 7.69. The average molecular weight is 382 g/mol. The van der Waals surface area contributed by atoms with E-state index < -0.39 is 11.6 Å². The van der Waals surface area contributed by atoms with Gasteiger partial charge in [0.15, 0.2) is 11.6 Å². The summed E-state index contributed by atoms with van der Waals surface area (Å²) in [5.74, 6) is -0.400. The Morgan fingerprint density at radius 3 is 2.23 bits per heavy atom. The Morgan fingerprint density at radius 2 is 1.62 bits per heavy atom. The van der Waals surface area contributed by atoms with Crippen molar-refractivity contribution in [1.82, 2.24) is 0 Å². The fourth-order valence-electron chi connectivity index (χ4n) is 3.65. The van der Waals surface area contributed by atoms with Crippen LogP contribution in [-0.2, 0) is 23.7 Å². The van der Waals surface area contributed by atoms with Gasteiger partial charge in [0.1, 0.15) is 35.6 Å². The summed E-state index contributed by atoms with van der Waals surface area (Å²) in [5.41, 5.74) is -0.174. The molecule has 1 unspecified atom stereocenters. The van der Waals surface area contributed by atoms with Crippen LogP contribution in [0.1, 0.15) is 27.7 Å². The summed E-state index contributed by atoms with van der Waals surface area (Å²) in [6.07, 6.45) is -0.728. The van der Waals surface area contributed by atoms with Gasteiger partial charge in [-0.2, -0.15) is 0 Å². The molecule has 3 saturated heterocycles. The zero-order chi connectivity index (χ0) is 18.5. The first kappa shape index (κ1) is 18.5. The number of ether oxygens (including phenoxy) is 6. The summed E-state index contributed by atoms with van der Waals surface area (Å²) in [6.45, 7) is 8.20. The smallest absolute Gasteiger partial charge is 0.164 e. The van der Waals surface area contributed by atoms with E-state index in [-0.39, 0.29) is 29.9 Å². The highest BCUT2D eigenvalue weighted by Gasteiger charge is 2.59. The number of methoxy groups -OCH3 is 1. The molecular formula is C19H26O6S. The summed E-state index contributed by atoms with van der Waals surface area (Å²) in [6, 6.07) is 7.93. The predicted octanol–water partition coefficient (Wildman–Crippen LogP) is 3.18. The van der Waals surface area contributed by atoms with E-state index in [0.717, 1.165) is 10.6 Å². The highest BCUT2D eigenvalue weighted by molar-refractivity contribution is 7.99. The Kier molecular flexibility index (Phi) is 4.74. The van der Waals surface area contributed by atoms with Gasteiger partial charge in [0.2, 0.25) is 0 Å². The van der Waals surface area contributed by atoms with Crippen LogP contribution >= 0.6 is 11.8 Å². The van der Waals surface area contributed by atoms with E-state index >= 15 is 0 Å². The highest BCUT2D eigenvalue weighted by atomic mass is 32.2. The van der Waals surface area contributed by atoms with Crippen LogP contribution in [-0.4, -0.2) is 55.1 Å². The van der Waals surface area contributed by atoms with Crippen LogP contribution in [0, 0.1) is 0 Å². The van der Waals surface area contributed by atoms with Crippen molar-refractivity contribution >= 4 is 11.8 Å². The largest absolute Gasteiger partial charge is 0.497 e. The maximum absolute atomic E-state index is 6.34. The Morgan fingerprint density at radius 1 is 0.923 bits per heavy atom. The van der Waals surface area contributed by atoms with Crippen molar-refractivity contribution in [2.75, 3.05) is 13.7 Å². The minimum atomic E-state index is -0.634. The highest BCUT2D eigenvalue weighted by Crippen LogP contribution is 2.46. The van der Waals surface area contributed by atoms with Crippen molar-refractivity contribution in [2.45, 2.75) is 74.0 Å². The van der Waals surface area contributed by atoms with Gasteiger partial charge in [-0.15, -0.1) is 0 Å². The fourth-order valence-corrected chi connectivity index (χ4v) is 4.74. The fraction of sp³-hybridized carbons (Fsp3) is 0.684. The molecule has 0 bridgehead atoms. The van der Waals surface area contributed by atoms with Crippen LogP contribution in [0.4, 0.5) is 0 Å². The van der Waals surface area contributed by atoms with Crippen LogP contribution in [0.15, 0.2) is 29.2 Å². The van der Waals surface area contributed by atoms with Crippen LogP contribution in [0.3, 0.4) is 0 Å². The monoisotopic (exact) mass is 382 g/mol. The maximum atomic E-state index is 6.34. The number of hydrogen-bond donors (Lipinski definition) is 0. The maximum Gasteiger partial charge on any atom is 0.164 e. The van der Waals surface area contributed by atoms with Gasteiger partial charge in [0, 0.05) is 4.90 Å². The molecule has 1 aromatic rings. The number of fused-ring (bicyclic) bond motifs is 1. The van der Waals surface area contributed by atoms with Gasteiger partial charge in [-0.25, -0.2) is 0 Å². The molecule has 0 amide bonds. The van der Waals surface area contributed by atoms with Crippen molar-refractivity contribution in [3.05, 3.63) is 24.3 Å². The second-order valence-corrected chi connectivity index (χ2v) is 8.87. The zero-order valence-corrected chi connectivity index (χ0v) is 16.6. The number of rotatable bonds is 4. The van der Waals surface area contributed by atoms with Gasteiger partial charge in [-0.1, -0.05) is 11.8 Å². The molecule has 26 heavy (non-hydrogen) atoms. The van der Waals surface area contributed by atoms with Gasteiger partial charge in [0.25, 0.3) is 0 Å². The molecule has 4 rings (SSSR count). The van der Waals surface area contributed by atoms with E-state index in [1.165, 1.54) is 0 Å². The third-order valence-electron chi connectivity index (χ3n) is 4.76. The summed E-state index contributed by atoms with van der Waals surface area (Å²) in [4.78, 5) is 1.09. The van der Waals surface area contributed by atoms with E-state index in [1.54, 1.807) is 18.9 Å². The van der Waals surface area contributed by atoms with E-state index in [9.17, 15) is 0 Å². The molecule has 3 fully saturated rings. The van der Waals surface area contributed by atoms with Crippen LogP contribution in [0.5, 0.6) is 5.75 Å². The lowest BCUT2D eigenvalue weighted by atomic mass is 10.1. The van der Waals surface area contributed by atoms with Crippen molar-refractivity contribution in [3.8, 4) is 5.75 Å². The molecule has 3 aliphatic rings. The summed E-state index contributed by atoms with van der Waals surface area (Å²) >= 11 is 1.63. The molecule has 6 nitrogen and oxygen atoms in total. The number of thioether (sulfide) groups is 1.